The Bertz CT molecular complexity index is 1350. The molecule has 0 saturated carbocycles. The summed E-state index contributed by atoms with van der Waals surface area (Å²) < 4.78 is 27.8. The molecule has 1 N–H and O–H groups in total. The number of amides is 1. The van der Waals surface area contributed by atoms with Crippen molar-refractivity contribution in [2.24, 2.45) is 0 Å². The number of anilines is 1. The van der Waals surface area contributed by atoms with Crippen molar-refractivity contribution in [1.82, 2.24) is 14.3 Å². The fraction of sp³-hybridized carbons (Fsp3) is 0.174. The van der Waals surface area contributed by atoms with E-state index in [0.29, 0.717) is 5.82 Å². The summed E-state index contributed by atoms with van der Waals surface area (Å²) in [7, 11) is -2.17. The molecule has 0 radical (unpaired) electrons. The van der Waals surface area contributed by atoms with E-state index >= 15 is 0 Å². The summed E-state index contributed by atoms with van der Waals surface area (Å²) in [6.45, 7) is 3.58. The molecule has 4 aromatic rings. The second kappa shape index (κ2) is 8.78. The van der Waals surface area contributed by atoms with Crippen LogP contribution < -0.4 is 5.32 Å². The molecule has 0 spiro atoms. The van der Waals surface area contributed by atoms with Crippen molar-refractivity contribution in [1.29, 1.82) is 0 Å². The molecule has 0 fully saturated rings. The molecule has 2 aromatic carbocycles. The number of rotatable bonds is 6. The van der Waals surface area contributed by atoms with E-state index in [0.717, 1.165) is 20.8 Å². The normalized spacial score (nSPS) is 11.9. The third-order valence-electron chi connectivity index (χ3n) is 5.05. The third kappa shape index (κ3) is 4.40. The number of benzene rings is 2. The Morgan fingerprint density at radius 1 is 1.06 bits per heavy atom. The Kier molecular flexibility index (Phi) is 6.05. The van der Waals surface area contributed by atoms with E-state index in [9.17, 15) is 13.2 Å². The summed E-state index contributed by atoms with van der Waals surface area (Å²) in [4.78, 5) is 21.7. The van der Waals surface area contributed by atoms with Gasteiger partial charge in [0, 0.05) is 30.4 Å². The van der Waals surface area contributed by atoms with Crippen LogP contribution >= 0.6 is 11.3 Å². The Labute approximate surface area is 190 Å². The molecule has 2 aromatic heterocycles. The zero-order valence-corrected chi connectivity index (χ0v) is 19.4. The number of thiazole rings is 1. The maximum Gasteiger partial charge on any atom is 0.256 e. The fourth-order valence-corrected chi connectivity index (χ4v) is 5.39. The maximum absolute atomic E-state index is 12.7. The number of para-hydroxylation sites is 1. The lowest BCUT2D eigenvalue weighted by atomic mass is 10.2. The number of carbonyl (C=O) groups excluding carboxylic acids is 1. The predicted molar refractivity (Wildman–Crippen MR) is 127 cm³/mol. The van der Waals surface area contributed by atoms with Crippen LogP contribution in [0.4, 0.5) is 5.82 Å². The minimum Gasteiger partial charge on any atom is -0.307 e. The molecule has 0 aliphatic rings. The number of hydrogen-bond acceptors (Lipinski definition) is 6. The highest BCUT2D eigenvalue weighted by Gasteiger charge is 2.24. The zero-order chi connectivity index (χ0) is 22.9. The molecule has 1 amide bonds. The summed E-state index contributed by atoms with van der Waals surface area (Å²) in [6.07, 6.45) is 1.66. The Morgan fingerprint density at radius 2 is 1.84 bits per heavy atom. The lowest BCUT2D eigenvalue weighted by Gasteiger charge is -2.21. The largest absolute Gasteiger partial charge is 0.307 e. The summed E-state index contributed by atoms with van der Waals surface area (Å²) in [5, 5.41) is 3.57. The predicted octanol–water partition coefficient (Wildman–Crippen LogP) is 4.64. The first-order valence-electron chi connectivity index (χ1n) is 9.97. The van der Waals surface area contributed by atoms with Crippen molar-refractivity contribution in [3.8, 4) is 10.6 Å². The molecule has 0 saturated heterocycles. The molecule has 0 aliphatic carbocycles. The molecule has 0 unspecified atom stereocenters. The van der Waals surface area contributed by atoms with E-state index in [1.165, 1.54) is 23.5 Å². The molecule has 0 aliphatic heterocycles. The van der Waals surface area contributed by atoms with E-state index in [4.69, 9.17) is 0 Å². The smallest absolute Gasteiger partial charge is 0.256 e. The topological polar surface area (TPSA) is 92.3 Å². The lowest BCUT2D eigenvalue weighted by Crippen LogP contribution is -2.33. The van der Waals surface area contributed by atoms with Crippen molar-refractivity contribution < 1.29 is 13.2 Å². The highest BCUT2D eigenvalue weighted by atomic mass is 32.2. The van der Waals surface area contributed by atoms with E-state index in [-0.39, 0.29) is 16.5 Å². The van der Waals surface area contributed by atoms with E-state index < -0.39 is 15.9 Å². The number of nitrogens with zero attached hydrogens (tertiary/aromatic N) is 3. The van der Waals surface area contributed by atoms with Gasteiger partial charge in [0.2, 0.25) is 10.0 Å². The molecule has 4 rings (SSSR count). The number of sulfonamides is 1. The number of fused-ring (bicyclic) bond motifs is 1. The van der Waals surface area contributed by atoms with Gasteiger partial charge in [0.25, 0.3) is 5.91 Å². The quantitative estimate of drug-likeness (QED) is 0.447. The van der Waals surface area contributed by atoms with Crippen molar-refractivity contribution in [3.63, 3.8) is 0 Å². The Balaban J connectivity index is 1.52. The molecule has 2 heterocycles. The minimum atomic E-state index is -3.68. The molecular weight excluding hydrogens is 444 g/mol. The van der Waals surface area contributed by atoms with Crippen LogP contribution in [0.15, 0.2) is 71.8 Å². The van der Waals surface area contributed by atoms with Gasteiger partial charge < -0.3 is 5.32 Å². The molecule has 9 heteroatoms. The van der Waals surface area contributed by atoms with E-state index in [1.807, 2.05) is 30.3 Å². The van der Waals surface area contributed by atoms with Crippen LogP contribution in [-0.2, 0) is 10.0 Å². The summed E-state index contributed by atoms with van der Waals surface area (Å²) in [5.74, 6) is -0.0677. The molecular formula is C23H22N4O3S2. The molecule has 0 bridgehead atoms. The standard InChI is InChI=1S/C23H22N4O3S2/c1-15(2)27(3)32(29,30)18-8-6-7-16(13-18)22(28)26-21-12-11-17(14-24-21)23-25-19-9-4-5-10-20(19)31-23/h4-15H,1-3H3,(H,24,26,28). The molecule has 0 atom stereocenters. The van der Waals surface area contributed by atoms with Gasteiger partial charge in [-0.05, 0) is 56.3 Å². The average Bonchev–Trinajstić information content (AvgIpc) is 3.23. The monoisotopic (exact) mass is 466 g/mol. The van der Waals surface area contributed by atoms with Crippen LogP contribution in [0.5, 0.6) is 0 Å². The van der Waals surface area contributed by atoms with Crippen molar-refractivity contribution in [2.45, 2.75) is 24.8 Å². The van der Waals surface area contributed by atoms with Crippen LogP contribution in [0.1, 0.15) is 24.2 Å². The van der Waals surface area contributed by atoms with Crippen LogP contribution in [0.25, 0.3) is 20.8 Å². The number of hydrogen-bond donors (Lipinski definition) is 1. The second-order valence-corrected chi connectivity index (χ2v) is 10.5. The first-order valence-corrected chi connectivity index (χ1v) is 12.2. The van der Waals surface area contributed by atoms with Gasteiger partial charge in [0.1, 0.15) is 10.8 Å². The van der Waals surface area contributed by atoms with Gasteiger partial charge in [-0.2, -0.15) is 4.31 Å². The number of carbonyl (C=O) groups is 1. The first kappa shape index (κ1) is 22.1. The van der Waals surface area contributed by atoms with Crippen LogP contribution in [0.2, 0.25) is 0 Å². The maximum atomic E-state index is 12.7. The second-order valence-electron chi connectivity index (χ2n) is 7.52. The summed E-state index contributed by atoms with van der Waals surface area (Å²) in [5.41, 5.74) is 2.03. The van der Waals surface area contributed by atoms with Gasteiger partial charge in [0.05, 0.1) is 15.1 Å². The van der Waals surface area contributed by atoms with Crippen molar-refractivity contribution in [2.75, 3.05) is 12.4 Å². The zero-order valence-electron chi connectivity index (χ0n) is 17.8. The fourth-order valence-electron chi connectivity index (χ4n) is 3.02. The van der Waals surface area contributed by atoms with Gasteiger partial charge in [0.15, 0.2) is 0 Å². The highest BCUT2D eigenvalue weighted by molar-refractivity contribution is 7.89. The van der Waals surface area contributed by atoms with Crippen LogP contribution in [0, 0.1) is 0 Å². The van der Waals surface area contributed by atoms with Gasteiger partial charge >= 0.3 is 0 Å². The van der Waals surface area contributed by atoms with Gasteiger partial charge in [-0.3, -0.25) is 4.79 Å². The van der Waals surface area contributed by atoms with Crippen LogP contribution in [-0.4, -0.2) is 41.7 Å². The van der Waals surface area contributed by atoms with E-state index in [1.54, 1.807) is 49.6 Å². The SMILES string of the molecule is CC(C)N(C)S(=O)(=O)c1cccc(C(=O)Nc2ccc(-c3nc4ccccc4s3)cn2)c1. The minimum absolute atomic E-state index is 0.0699. The first-order chi connectivity index (χ1) is 15.3. The van der Waals surface area contributed by atoms with Crippen LogP contribution in [0.3, 0.4) is 0 Å². The van der Waals surface area contributed by atoms with Gasteiger partial charge in [-0.25, -0.2) is 18.4 Å². The Morgan fingerprint density at radius 3 is 2.53 bits per heavy atom. The average molecular weight is 467 g/mol. The molecule has 32 heavy (non-hydrogen) atoms. The third-order valence-corrected chi connectivity index (χ3v) is 8.16. The van der Waals surface area contributed by atoms with Crippen molar-refractivity contribution in [3.05, 3.63) is 72.4 Å². The number of nitrogens with one attached hydrogen (secondary N) is 1. The molecule has 7 nitrogen and oxygen atoms in total. The molecule has 164 valence electrons. The van der Waals surface area contributed by atoms with E-state index in [2.05, 4.69) is 15.3 Å². The van der Waals surface area contributed by atoms with Crippen molar-refractivity contribution >= 4 is 43.3 Å². The lowest BCUT2D eigenvalue weighted by molar-refractivity contribution is 0.102. The summed E-state index contributed by atoms with van der Waals surface area (Å²) in [6, 6.07) is 17.2. The highest BCUT2D eigenvalue weighted by Crippen LogP contribution is 2.30. The Hall–Kier alpha value is -3.14. The summed E-state index contributed by atoms with van der Waals surface area (Å²) >= 11 is 1.58. The van der Waals surface area contributed by atoms with Gasteiger partial charge in [-0.15, -0.1) is 11.3 Å². The number of aromatic nitrogens is 2. The number of pyridine rings is 1. The van der Waals surface area contributed by atoms with Gasteiger partial charge in [-0.1, -0.05) is 18.2 Å².